The Morgan fingerprint density at radius 2 is 1.52 bits per heavy atom. The molecule has 0 saturated carbocycles. The lowest BCUT2D eigenvalue weighted by Crippen LogP contribution is -2.42. The Morgan fingerprint density at radius 3 is 2.13 bits per heavy atom. The molecule has 2 N–H and O–H groups in total. The molecule has 0 unspecified atom stereocenters. The van der Waals surface area contributed by atoms with Gasteiger partial charge in [0.05, 0.1) is 15.6 Å². The van der Waals surface area contributed by atoms with Crippen molar-refractivity contribution in [2.45, 2.75) is 24.3 Å². The van der Waals surface area contributed by atoms with E-state index in [9.17, 15) is 13.2 Å². The van der Waals surface area contributed by atoms with Crippen LogP contribution in [0.2, 0.25) is 10.0 Å². The highest BCUT2D eigenvalue weighted by Gasteiger charge is 2.30. The third kappa shape index (κ3) is 5.91. The van der Waals surface area contributed by atoms with Crippen LogP contribution >= 0.6 is 23.2 Å². The SMILES string of the molecule is CC(C)(Oc1ccc(Cl)cc1)C(=O)Nc1ccc(S(=O)(=O)Nc2ccccc2Cl)cc1. The molecule has 0 spiro atoms. The number of benzene rings is 3. The molecule has 0 aliphatic carbocycles. The molecule has 1 amide bonds. The van der Waals surface area contributed by atoms with Crippen LogP contribution in [0.4, 0.5) is 11.4 Å². The molecule has 0 fully saturated rings. The second-order valence-corrected chi connectivity index (χ2v) is 9.66. The highest BCUT2D eigenvalue weighted by molar-refractivity contribution is 7.92. The van der Waals surface area contributed by atoms with Crippen molar-refractivity contribution in [3.63, 3.8) is 0 Å². The zero-order valence-corrected chi connectivity index (χ0v) is 19.1. The molecule has 0 bridgehead atoms. The van der Waals surface area contributed by atoms with Crippen molar-refractivity contribution in [3.05, 3.63) is 82.8 Å². The van der Waals surface area contributed by atoms with Gasteiger partial charge in [0.1, 0.15) is 5.75 Å². The number of amides is 1. The third-order valence-corrected chi connectivity index (χ3v) is 6.24. The molecule has 0 heterocycles. The maximum atomic E-state index is 12.7. The average molecular weight is 479 g/mol. The van der Waals surface area contributed by atoms with E-state index in [0.717, 1.165) is 0 Å². The number of carbonyl (C=O) groups is 1. The first-order valence-corrected chi connectivity index (χ1v) is 11.4. The molecule has 3 rings (SSSR count). The predicted molar refractivity (Wildman–Crippen MR) is 123 cm³/mol. The first-order chi connectivity index (χ1) is 14.6. The number of halogens is 2. The second-order valence-electron chi connectivity index (χ2n) is 7.13. The van der Waals surface area contributed by atoms with E-state index in [1.54, 1.807) is 62.4 Å². The third-order valence-electron chi connectivity index (χ3n) is 4.27. The molecule has 0 aromatic heterocycles. The average Bonchev–Trinajstić information content (AvgIpc) is 2.71. The van der Waals surface area contributed by atoms with Gasteiger partial charge in [-0.3, -0.25) is 9.52 Å². The van der Waals surface area contributed by atoms with Crippen molar-refractivity contribution in [2.24, 2.45) is 0 Å². The van der Waals surface area contributed by atoms with Gasteiger partial charge in [0.25, 0.3) is 15.9 Å². The predicted octanol–water partition coefficient (Wildman–Crippen LogP) is 5.59. The lowest BCUT2D eigenvalue weighted by atomic mass is 10.1. The zero-order valence-electron chi connectivity index (χ0n) is 16.7. The van der Waals surface area contributed by atoms with E-state index in [2.05, 4.69) is 10.0 Å². The fourth-order valence-corrected chi connectivity index (χ4v) is 4.04. The summed E-state index contributed by atoms with van der Waals surface area (Å²) < 4.78 is 33.4. The van der Waals surface area contributed by atoms with Crippen molar-refractivity contribution >= 4 is 50.5 Å². The van der Waals surface area contributed by atoms with E-state index in [4.69, 9.17) is 27.9 Å². The summed E-state index contributed by atoms with van der Waals surface area (Å²) in [6, 6.07) is 19.0. The molecule has 9 heteroatoms. The van der Waals surface area contributed by atoms with Crippen LogP contribution in [0.3, 0.4) is 0 Å². The molecule has 162 valence electrons. The Bertz CT molecular complexity index is 1180. The number of ether oxygens (including phenoxy) is 1. The highest BCUT2D eigenvalue weighted by atomic mass is 35.5. The van der Waals surface area contributed by atoms with Gasteiger partial charge in [-0.15, -0.1) is 0 Å². The molecular formula is C22H20Cl2N2O4S. The molecule has 3 aromatic rings. The summed E-state index contributed by atoms with van der Waals surface area (Å²) in [5, 5.41) is 3.58. The number of sulfonamides is 1. The smallest absolute Gasteiger partial charge is 0.267 e. The van der Waals surface area contributed by atoms with E-state index in [-0.39, 0.29) is 15.6 Å². The Hall–Kier alpha value is -2.74. The van der Waals surface area contributed by atoms with E-state index < -0.39 is 21.5 Å². The summed E-state index contributed by atoms with van der Waals surface area (Å²) in [7, 11) is -3.84. The van der Waals surface area contributed by atoms with E-state index in [0.29, 0.717) is 16.5 Å². The van der Waals surface area contributed by atoms with Crippen LogP contribution in [0.1, 0.15) is 13.8 Å². The monoisotopic (exact) mass is 478 g/mol. The zero-order chi connectivity index (χ0) is 22.6. The molecular weight excluding hydrogens is 459 g/mol. The summed E-state index contributed by atoms with van der Waals surface area (Å²) >= 11 is 11.9. The van der Waals surface area contributed by atoms with Gasteiger partial charge >= 0.3 is 0 Å². The summed E-state index contributed by atoms with van der Waals surface area (Å²) in [6.07, 6.45) is 0. The number of para-hydroxylation sites is 1. The molecule has 0 atom stereocenters. The molecule has 0 aliphatic rings. The number of hydrogen-bond donors (Lipinski definition) is 2. The Balaban J connectivity index is 1.68. The normalized spacial score (nSPS) is 11.6. The number of carbonyl (C=O) groups excluding carboxylic acids is 1. The van der Waals surface area contributed by atoms with Gasteiger partial charge in [-0.2, -0.15) is 0 Å². The lowest BCUT2D eigenvalue weighted by Gasteiger charge is -2.25. The van der Waals surface area contributed by atoms with Crippen LogP contribution in [0, 0.1) is 0 Å². The first kappa shape index (κ1) is 22.9. The van der Waals surface area contributed by atoms with Crippen LogP contribution in [-0.2, 0) is 14.8 Å². The van der Waals surface area contributed by atoms with Crippen LogP contribution in [0.25, 0.3) is 0 Å². The van der Waals surface area contributed by atoms with Gasteiger partial charge in [-0.1, -0.05) is 35.3 Å². The van der Waals surface area contributed by atoms with E-state index in [1.807, 2.05) is 0 Å². The minimum absolute atomic E-state index is 0.0297. The van der Waals surface area contributed by atoms with Gasteiger partial charge in [0.15, 0.2) is 5.60 Å². The first-order valence-electron chi connectivity index (χ1n) is 9.20. The molecule has 6 nitrogen and oxygen atoms in total. The molecule has 0 aliphatic heterocycles. The molecule has 3 aromatic carbocycles. The lowest BCUT2D eigenvalue weighted by molar-refractivity contribution is -0.128. The maximum Gasteiger partial charge on any atom is 0.267 e. The van der Waals surface area contributed by atoms with Gasteiger partial charge in [-0.05, 0) is 74.5 Å². The van der Waals surface area contributed by atoms with E-state index >= 15 is 0 Å². The maximum absolute atomic E-state index is 12.7. The van der Waals surface area contributed by atoms with Crippen LogP contribution in [0.15, 0.2) is 77.7 Å². The van der Waals surface area contributed by atoms with Crippen LogP contribution in [-0.4, -0.2) is 19.9 Å². The van der Waals surface area contributed by atoms with Gasteiger partial charge in [-0.25, -0.2) is 8.42 Å². The van der Waals surface area contributed by atoms with Crippen molar-refractivity contribution in [2.75, 3.05) is 10.0 Å². The quantitative estimate of drug-likeness (QED) is 0.463. The molecule has 0 saturated heterocycles. The summed E-state index contributed by atoms with van der Waals surface area (Å²) in [5.41, 5.74) is -0.471. The number of rotatable bonds is 7. The van der Waals surface area contributed by atoms with Gasteiger partial charge < -0.3 is 10.1 Å². The van der Waals surface area contributed by atoms with Gasteiger partial charge in [0.2, 0.25) is 0 Å². The number of hydrogen-bond acceptors (Lipinski definition) is 4. The van der Waals surface area contributed by atoms with Crippen LogP contribution in [0.5, 0.6) is 5.75 Å². The van der Waals surface area contributed by atoms with Crippen molar-refractivity contribution in [1.82, 2.24) is 0 Å². The highest BCUT2D eigenvalue weighted by Crippen LogP contribution is 2.25. The Kier molecular flexibility index (Phi) is 6.79. The largest absolute Gasteiger partial charge is 0.478 e. The fourth-order valence-electron chi connectivity index (χ4n) is 2.59. The summed E-state index contributed by atoms with van der Waals surface area (Å²) in [4.78, 5) is 12.7. The van der Waals surface area contributed by atoms with Crippen LogP contribution < -0.4 is 14.8 Å². The Morgan fingerprint density at radius 1 is 0.903 bits per heavy atom. The minimum atomic E-state index is -3.84. The molecule has 31 heavy (non-hydrogen) atoms. The van der Waals surface area contributed by atoms with E-state index in [1.165, 1.54) is 24.3 Å². The standard InChI is InChI=1S/C22H20Cl2N2O4S/c1-22(2,30-17-11-7-15(23)8-12-17)21(27)25-16-9-13-18(14-10-16)31(28,29)26-20-6-4-3-5-19(20)24/h3-14,26H,1-2H3,(H,25,27). The number of nitrogens with one attached hydrogen (secondary N) is 2. The molecule has 0 radical (unpaired) electrons. The summed E-state index contributed by atoms with van der Waals surface area (Å²) in [6.45, 7) is 3.26. The number of anilines is 2. The minimum Gasteiger partial charge on any atom is -0.478 e. The van der Waals surface area contributed by atoms with Gasteiger partial charge in [0, 0.05) is 10.7 Å². The summed E-state index contributed by atoms with van der Waals surface area (Å²) in [5.74, 6) is 0.101. The fraction of sp³-hybridized carbons (Fsp3) is 0.136. The van der Waals surface area contributed by atoms with Crippen molar-refractivity contribution in [1.29, 1.82) is 0 Å². The van der Waals surface area contributed by atoms with Crippen molar-refractivity contribution < 1.29 is 17.9 Å². The van der Waals surface area contributed by atoms with Crippen molar-refractivity contribution in [3.8, 4) is 5.75 Å². The second kappa shape index (κ2) is 9.18. The topological polar surface area (TPSA) is 84.5 Å². The Labute approximate surface area is 191 Å².